The summed E-state index contributed by atoms with van der Waals surface area (Å²) < 4.78 is 6.63. The predicted octanol–water partition coefficient (Wildman–Crippen LogP) is 3.86. The van der Waals surface area contributed by atoms with Crippen molar-refractivity contribution in [1.82, 2.24) is 10.2 Å². The number of benzene rings is 2. The van der Waals surface area contributed by atoms with Crippen LogP contribution >= 0.6 is 28.3 Å². The van der Waals surface area contributed by atoms with Gasteiger partial charge in [-0.05, 0) is 48.1 Å². The Hall–Kier alpha value is -1.30. The van der Waals surface area contributed by atoms with Crippen molar-refractivity contribution in [2.75, 3.05) is 32.8 Å². The van der Waals surface area contributed by atoms with E-state index in [0.29, 0.717) is 12.3 Å². The lowest BCUT2D eigenvalue weighted by molar-refractivity contribution is -0.123. The van der Waals surface area contributed by atoms with Crippen LogP contribution in [0.1, 0.15) is 13.8 Å². The van der Waals surface area contributed by atoms with Gasteiger partial charge >= 0.3 is 0 Å². The van der Waals surface area contributed by atoms with Gasteiger partial charge in [0.2, 0.25) is 0 Å². The quantitative estimate of drug-likeness (QED) is 0.712. The van der Waals surface area contributed by atoms with Gasteiger partial charge in [0.05, 0.1) is 0 Å². The minimum Gasteiger partial charge on any atom is -0.484 e. The maximum absolute atomic E-state index is 11.8. The summed E-state index contributed by atoms with van der Waals surface area (Å²) in [6.07, 6.45) is 0. The fourth-order valence-corrected chi connectivity index (χ4v) is 2.76. The van der Waals surface area contributed by atoms with E-state index in [9.17, 15) is 4.79 Å². The number of hydrogen-bond acceptors (Lipinski definition) is 3. The molecule has 2 aromatic rings. The molecule has 0 aliphatic heterocycles. The maximum Gasteiger partial charge on any atom is 0.257 e. The molecule has 0 aromatic heterocycles. The van der Waals surface area contributed by atoms with Crippen LogP contribution in [-0.4, -0.2) is 43.6 Å². The van der Waals surface area contributed by atoms with Crippen molar-refractivity contribution in [2.45, 2.75) is 13.8 Å². The van der Waals surface area contributed by atoms with E-state index in [4.69, 9.17) is 4.74 Å². The molecule has 0 aliphatic carbocycles. The fraction of sp³-hybridized carbons (Fsp3) is 0.389. The number of fused-ring (bicyclic) bond motifs is 1. The summed E-state index contributed by atoms with van der Waals surface area (Å²) in [4.78, 5) is 14.1. The minimum absolute atomic E-state index is 0. The number of carbonyl (C=O) groups excluding carboxylic acids is 1. The van der Waals surface area contributed by atoms with Gasteiger partial charge in [0, 0.05) is 17.6 Å². The van der Waals surface area contributed by atoms with E-state index in [1.165, 1.54) is 0 Å². The lowest BCUT2D eigenvalue weighted by Gasteiger charge is -2.18. The summed E-state index contributed by atoms with van der Waals surface area (Å²) in [6.45, 7) is 7.78. The van der Waals surface area contributed by atoms with Crippen molar-refractivity contribution in [3.63, 3.8) is 0 Å². The number of ether oxygens (including phenoxy) is 1. The SMILES string of the molecule is CCN(CC)CCNC(=O)COc1ccc2cc(Br)ccc2c1.Cl. The molecule has 0 atom stereocenters. The topological polar surface area (TPSA) is 41.6 Å². The van der Waals surface area contributed by atoms with Crippen molar-refractivity contribution in [3.05, 3.63) is 40.9 Å². The van der Waals surface area contributed by atoms with Gasteiger partial charge in [-0.15, -0.1) is 12.4 Å². The second-order valence-electron chi connectivity index (χ2n) is 5.32. The van der Waals surface area contributed by atoms with Crippen LogP contribution in [-0.2, 0) is 4.79 Å². The molecule has 0 aliphatic rings. The van der Waals surface area contributed by atoms with Crippen LogP contribution in [0.25, 0.3) is 10.8 Å². The van der Waals surface area contributed by atoms with Gasteiger partial charge in [0.15, 0.2) is 6.61 Å². The number of likely N-dealkylation sites (N-methyl/N-ethyl adjacent to an activating group) is 1. The summed E-state index contributed by atoms with van der Waals surface area (Å²) in [5.74, 6) is 0.617. The first-order valence-corrected chi connectivity index (χ1v) is 8.72. The second-order valence-corrected chi connectivity index (χ2v) is 6.23. The van der Waals surface area contributed by atoms with Crippen LogP contribution in [0.15, 0.2) is 40.9 Å². The molecule has 0 heterocycles. The third-order valence-electron chi connectivity index (χ3n) is 3.79. The van der Waals surface area contributed by atoms with E-state index in [1.54, 1.807) is 0 Å². The van der Waals surface area contributed by atoms with Gasteiger partial charge in [-0.25, -0.2) is 0 Å². The standard InChI is InChI=1S/C18H23BrN2O2.ClH/c1-3-21(4-2)10-9-20-18(22)13-23-17-8-6-14-11-16(19)7-5-15(14)12-17;/h5-8,11-12H,3-4,9-10,13H2,1-2H3,(H,20,22);1H. The van der Waals surface area contributed by atoms with E-state index < -0.39 is 0 Å². The molecule has 0 bridgehead atoms. The highest BCUT2D eigenvalue weighted by molar-refractivity contribution is 9.10. The van der Waals surface area contributed by atoms with E-state index in [1.807, 2.05) is 30.3 Å². The first-order chi connectivity index (χ1) is 11.1. The third kappa shape index (κ3) is 6.30. The Balaban J connectivity index is 0.00000288. The second kappa shape index (κ2) is 10.5. The number of carbonyl (C=O) groups is 1. The van der Waals surface area contributed by atoms with Gasteiger partial charge in [0.1, 0.15) is 5.75 Å². The van der Waals surface area contributed by atoms with Crippen molar-refractivity contribution >= 4 is 45.0 Å². The van der Waals surface area contributed by atoms with Crippen LogP contribution in [0.3, 0.4) is 0 Å². The molecule has 6 heteroatoms. The number of hydrogen-bond donors (Lipinski definition) is 1. The predicted molar refractivity (Wildman–Crippen MR) is 105 cm³/mol. The Morgan fingerprint density at radius 3 is 2.50 bits per heavy atom. The zero-order chi connectivity index (χ0) is 16.7. The largest absolute Gasteiger partial charge is 0.484 e. The highest BCUT2D eigenvalue weighted by Gasteiger charge is 2.05. The van der Waals surface area contributed by atoms with Gasteiger partial charge in [0.25, 0.3) is 5.91 Å². The van der Waals surface area contributed by atoms with Crippen LogP contribution in [0.4, 0.5) is 0 Å². The molecule has 4 nitrogen and oxygen atoms in total. The van der Waals surface area contributed by atoms with E-state index in [2.05, 4.69) is 46.1 Å². The lowest BCUT2D eigenvalue weighted by atomic mass is 10.1. The number of amides is 1. The fourth-order valence-electron chi connectivity index (χ4n) is 2.38. The zero-order valence-corrected chi connectivity index (χ0v) is 16.5. The summed E-state index contributed by atoms with van der Waals surface area (Å²) >= 11 is 3.46. The van der Waals surface area contributed by atoms with Gasteiger partial charge in [-0.3, -0.25) is 4.79 Å². The van der Waals surface area contributed by atoms with Crippen molar-refractivity contribution < 1.29 is 9.53 Å². The Morgan fingerprint density at radius 1 is 1.12 bits per heavy atom. The van der Waals surface area contributed by atoms with Crippen molar-refractivity contribution in [2.24, 2.45) is 0 Å². The van der Waals surface area contributed by atoms with E-state index in [-0.39, 0.29) is 24.9 Å². The molecule has 0 saturated carbocycles. The molecule has 0 radical (unpaired) electrons. The van der Waals surface area contributed by atoms with Crippen LogP contribution in [0.5, 0.6) is 5.75 Å². The van der Waals surface area contributed by atoms with Gasteiger partial charge in [-0.2, -0.15) is 0 Å². The Labute approximate surface area is 158 Å². The molecule has 1 amide bonds. The van der Waals surface area contributed by atoms with E-state index >= 15 is 0 Å². The van der Waals surface area contributed by atoms with Gasteiger partial charge < -0.3 is 15.0 Å². The molecular weight excluding hydrogens is 392 g/mol. The maximum atomic E-state index is 11.8. The zero-order valence-electron chi connectivity index (χ0n) is 14.0. The van der Waals surface area contributed by atoms with Crippen molar-refractivity contribution in [3.8, 4) is 5.75 Å². The molecule has 2 aromatic carbocycles. The molecule has 24 heavy (non-hydrogen) atoms. The third-order valence-corrected chi connectivity index (χ3v) is 4.28. The molecule has 2 rings (SSSR count). The first kappa shape index (κ1) is 20.7. The highest BCUT2D eigenvalue weighted by atomic mass is 79.9. The Morgan fingerprint density at radius 2 is 1.79 bits per heavy atom. The molecule has 1 N–H and O–H groups in total. The lowest BCUT2D eigenvalue weighted by Crippen LogP contribution is -2.36. The molecule has 0 saturated heterocycles. The summed E-state index contributed by atoms with van der Waals surface area (Å²) in [7, 11) is 0. The summed E-state index contributed by atoms with van der Waals surface area (Å²) in [6, 6.07) is 11.9. The van der Waals surface area contributed by atoms with Gasteiger partial charge in [-0.1, -0.05) is 41.9 Å². The molecule has 0 spiro atoms. The number of halogens is 2. The molecule has 0 unspecified atom stereocenters. The van der Waals surface area contributed by atoms with E-state index in [0.717, 1.165) is 34.9 Å². The average Bonchev–Trinajstić information content (AvgIpc) is 2.57. The molecule has 132 valence electrons. The number of nitrogens with zero attached hydrogens (tertiary/aromatic N) is 1. The van der Waals surface area contributed by atoms with Crippen molar-refractivity contribution in [1.29, 1.82) is 0 Å². The number of rotatable bonds is 8. The monoisotopic (exact) mass is 414 g/mol. The average molecular weight is 416 g/mol. The highest BCUT2D eigenvalue weighted by Crippen LogP contribution is 2.24. The van der Waals surface area contributed by atoms with Crippen LogP contribution < -0.4 is 10.1 Å². The summed E-state index contributed by atoms with van der Waals surface area (Å²) in [5.41, 5.74) is 0. The van der Waals surface area contributed by atoms with Crippen LogP contribution in [0.2, 0.25) is 0 Å². The molecular formula is C18H24BrClN2O2. The van der Waals surface area contributed by atoms with Crippen LogP contribution in [0, 0.1) is 0 Å². The molecule has 0 fully saturated rings. The Kier molecular flexibility index (Phi) is 9.11. The minimum atomic E-state index is -0.0898. The normalized spacial score (nSPS) is 10.5. The smallest absolute Gasteiger partial charge is 0.257 e. The summed E-state index contributed by atoms with van der Waals surface area (Å²) in [5, 5.41) is 5.11. The Bertz CT molecular complexity index is 663. The first-order valence-electron chi connectivity index (χ1n) is 7.93. The number of nitrogens with one attached hydrogen (secondary N) is 1.